The van der Waals surface area contributed by atoms with E-state index in [-0.39, 0.29) is 24.1 Å². The summed E-state index contributed by atoms with van der Waals surface area (Å²) in [5.41, 5.74) is 0.826. The van der Waals surface area contributed by atoms with Gasteiger partial charge in [0.05, 0.1) is 11.3 Å². The average Bonchev–Trinajstić information content (AvgIpc) is 3.11. The Balaban J connectivity index is 1.70. The third-order valence-electron chi connectivity index (χ3n) is 4.48. The van der Waals surface area contributed by atoms with E-state index >= 15 is 0 Å². The molecular weight excluding hydrogens is 405 g/mol. The first kappa shape index (κ1) is 20.8. The van der Waals surface area contributed by atoms with Crippen LogP contribution in [0.25, 0.3) is 5.13 Å². The van der Waals surface area contributed by atoms with Crippen LogP contribution in [-0.2, 0) is 17.4 Å². The molecule has 3 rings (SSSR count). The molecule has 0 saturated carbocycles. The Morgan fingerprint density at radius 2 is 2.00 bits per heavy atom. The second-order valence-electron chi connectivity index (χ2n) is 6.62. The topological polar surface area (TPSA) is 79.8 Å². The van der Waals surface area contributed by atoms with E-state index in [1.165, 1.54) is 28.2 Å². The smallest absolute Gasteiger partial charge is 0.326 e. The quantitative estimate of drug-likeness (QED) is 0.646. The van der Waals surface area contributed by atoms with Crippen LogP contribution in [0.4, 0.5) is 18.9 Å². The van der Waals surface area contributed by atoms with Crippen LogP contribution in [0.2, 0.25) is 0 Å². The molecular formula is C19H19F3N4O2S. The van der Waals surface area contributed by atoms with Crippen molar-refractivity contribution in [3.8, 4) is 5.13 Å². The molecule has 0 spiro atoms. The number of aromatic amines is 1. The molecule has 6 nitrogen and oxygen atoms in total. The number of anilines is 1. The second-order valence-corrected chi connectivity index (χ2v) is 7.80. The zero-order valence-corrected chi connectivity index (χ0v) is 16.8. The Labute approximate surface area is 168 Å². The third-order valence-corrected chi connectivity index (χ3v) is 5.54. The molecule has 0 saturated heterocycles. The summed E-state index contributed by atoms with van der Waals surface area (Å²) in [7, 11) is 0. The van der Waals surface area contributed by atoms with Crippen molar-refractivity contribution in [2.24, 2.45) is 0 Å². The van der Waals surface area contributed by atoms with Gasteiger partial charge in [-0.05, 0) is 45.4 Å². The molecule has 10 heteroatoms. The van der Waals surface area contributed by atoms with Crippen LogP contribution in [0.15, 0.2) is 29.1 Å². The third kappa shape index (κ3) is 4.58. The van der Waals surface area contributed by atoms with Gasteiger partial charge in [0.2, 0.25) is 11.0 Å². The van der Waals surface area contributed by atoms with Gasteiger partial charge in [0.1, 0.15) is 0 Å². The van der Waals surface area contributed by atoms with Crippen molar-refractivity contribution >= 4 is 22.9 Å². The number of alkyl halides is 3. The summed E-state index contributed by atoms with van der Waals surface area (Å²) in [4.78, 5) is 30.2. The van der Waals surface area contributed by atoms with Gasteiger partial charge in [0.15, 0.2) is 0 Å². The predicted molar refractivity (Wildman–Crippen MR) is 105 cm³/mol. The van der Waals surface area contributed by atoms with Crippen LogP contribution in [0.1, 0.15) is 33.8 Å². The number of benzene rings is 1. The summed E-state index contributed by atoms with van der Waals surface area (Å²) in [6.07, 6.45) is -4.37. The fourth-order valence-corrected chi connectivity index (χ4v) is 3.67. The van der Waals surface area contributed by atoms with Gasteiger partial charge in [-0.25, -0.2) is 4.98 Å². The number of thiazole rings is 1. The van der Waals surface area contributed by atoms with Crippen LogP contribution >= 0.6 is 11.3 Å². The lowest BCUT2D eigenvalue weighted by molar-refractivity contribution is -0.137. The van der Waals surface area contributed by atoms with E-state index in [9.17, 15) is 22.8 Å². The van der Waals surface area contributed by atoms with Crippen molar-refractivity contribution < 1.29 is 18.0 Å². The largest absolute Gasteiger partial charge is 0.416 e. The van der Waals surface area contributed by atoms with Crippen molar-refractivity contribution in [3.05, 3.63) is 62.0 Å². The molecule has 0 radical (unpaired) electrons. The first-order chi connectivity index (χ1) is 13.6. The first-order valence-corrected chi connectivity index (χ1v) is 9.60. The number of rotatable bonds is 5. The number of carbonyl (C=O) groups excluding carboxylic acids is 1. The lowest BCUT2D eigenvalue weighted by Gasteiger charge is -2.09. The number of amides is 1. The number of hydrogen-bond donors (Lipinski definition) is 2. The van der Waals surface area contributed by atoms with Crippen LogP contribution in [0.3, 0.4) is 0 Å². The lowest BCUT2D eigenvalue weighted by atomic mass is 10.1. The molecule has 0 fully saturated rings. The van der Waals surface area contributed by atoms with Gasteiger partial charge < -0.3 is 5.32 Å². The number of halogens is 3. The minimum absolute atomic E-state index is 0.0416. The SMILES string of the molecule is Cc1nc(-n2[nH]c(C)c(CCC(=O)Nc3cccc(C(F)(F)F)c3)c2=O)sc1C. The molecule has 1 aromatic carbocycles. The molecule has 2 heterocycles. The summed E-state index contributed by atoms with van der Waals surface area (Å²) >= 11 is 1.38. The van der Waals surface area contributed by atoms with Gasteiger partial charge in [0, 0.05) is 28.2 Å². The Morgan fingerprint density at radius 1 is 1.28 bits per heavy atom. The molecule has 2 N–H and O–H groups in total. The maximum Gasteiger partial charge on any atom is 0.416 e. The molecule has 0 aliphatic carbocycles. The Kier molecular flexibility index (Phi) is 5.65. The molecule has 0 aliphatic heterocycles. The van der Waals surface area contributed by atoms with Gasteiger partial charge in [-0.3, -0.25) is 14.7 Å². The fourth-order valence-electron chi connectivity index (χ4n) is 2.80. The van der Waals surface area contributed by atoms with Gasteiger partial charge in [-0.1, -0.05) is 17.4 Å². The zero-order chi connectivity index (χ0) is 21.3. The highest BCUT2D eigenvalue weighted by Crippen LogP contribution is 2.30. The van der Waals surface area contributed by atoms with Crippen LogP contribution in [-0.4, -0.2) is 20.7 Å². The molecule has 1 amide bonds. The normalized spacial score (nSPS) is 11.7. The maximum atomic E-state index is 12.8. The van der Waals surface area contributed by atoms with Gasteiger partial charge in [0.25, 0.3) is 5.56 Å². The molecule has 154 valence electrons. The van der Waals surface area contributed by atoms with Crippen molar-refractivity contribution in [1.82, 2.24) is 14.8 Å². The molecule has 2 aromatic heterocycles. The van der Waals surface area contributed by atoms with Crippen molar-refractivity contribution in [2.75, 3.05) is 5.32 Å². The molecule has 0 bridgehead atoms. The standard InChI is InChI=1S/C19H19F3N4O2S/c1-10-12(3)29-18(23-10)26-17(28)15(11(2)25-26)7-8-16(27)24-14-6-4-5-13(9-14)19(20,21)22/h4-6,9,25H,7-8H2,1-3H3,(H,24,27). The van der Waals surface area contributed by atoms with E-state index < -0.39 is 17.6 Å². The number of nitrogens with zero attached hydrogens (tertiary/aromatic N) is 2. The van der Waals surface area contributed by atoms with Crippen molar-refractivity contribution in [2.45, 2.75) is 39.8 Å². The summed E-state index contributed by atoms with van der Waals surface area (Å²) < 4.78 is 39.7. The molecule has 29 heavy (non-hydrogen) atoms. The summed E-state index contributed by atoms with van der Waals surface area (Å²) in [6, 6.07) is 4.42. The summed E-state index contributed by atoms with van der Waals surface area (Å²) in [5, 5.41) is 5.93. The lowest BCUT2D eigenvalue weighted by Crippen LogP contribution is -2.19. The highest BCUT2D eigenvalue weighted by atomic mass is 32.1. The minimum Gasteiger partial charge on any atom is -0.326 e. The van der Waals surface area contributed by atoms with E-state index in [1.54, 1.807) is 6.92 Å². The van der Waals surface area contributed by atoms with E-state index in [0.717, 1.165) is 22.7 Å². The van der Waals surface area contributed by atoms with E-state index in [0.29, 0.717) is 16.4 Å². The Bertz CT molecular complexity index is 1090. The maximum absolute atomic E-state index is 12.8. The minimum atomic E-state index is -4.49. The van der Waals surface area contributed by atoms with Crippen LogP contribution in [0, 0.1) is 20.8 Å². The van der Waals surface area contributed by atoms with E-state index in [1.807, 2.05) is 13.8 Å². The van der Waals surface area contributed by atoms with Crippen molar-refractivity contribution in [3.63, 3.8) is 0 Å². The number of aryl methyl sites for hydroxylation is 3. The van der Waals surface area contributed by atoms with Gasteiger partial charge in [-0.15, -0.1) is 0 Å². The van der Waals surface area contributed by atoms with Crippen LogP contribution < -0.4 is 10.9 Å². The Hall–Kier alpha value is -2.88. The molecule has 3 aromatic rings. The molecule has 0 aliphatic rings. The zero-order valence-electron chi connectivity index (χ0n) is 16.0. The van der Waals surface area contributed by atoms with E-state index in [2.05, 4.69) is 15.4 Å². The van der Waals surface area contributed by atoms with E-state index in [4.69, 9.17) is 0 Å². The highest BCUT2D eigenvalue weighted by Gasteiger charge is 2.30. The monoisotopic (exact) mass is 424 g/mol. The predicted octanol–water partition coefficient (Wildman–Crippen LogP) is 4.14. The number of H-pyrrole nitrogens is 1. The van der Waals surface area contributed by atoms with Gasteiger partial charge >= 0.3 is 6.18 Å². The van der Waals surface area contributed by atoms with Crippen molar-refractivity contribution in [1.29, 1.82) is 0 Å². The van der Waals surface area contributed by atoms with Gasteiger partial charge in [-0.2, -0.15) is 17.9 Å². The summed E-state index contributed by atoms with van der Waals surface area (Å²) in [6.45, 7) is 5.50. The summed E-state index contributed by atoms with van der Waals surface area (Å²) in [5.74, 6) is -0.475. The highest BCUT2D eigenvalue weighted by molar-refractivity contribution is 7.14. The number of carbonyl (C=O) groups is 1. The molecule has 0 unspecified atom stereocenters. The molecule has 0 atom stereocenters. The Morgan fingerprint density at radius 3 is 2.62 bits per heavy atom. The number of hydrogen-bond acceptors (Lipinski definition) is 4. The van der Waals surface area contributed by atoms with Crippen LogP contribution in [0.5, 0.6) is 0 Å². The fraction of sp³-hybridized carbons (Fsp3) is 0.316. The average molecular weight is 424 g/mol. The number of nitrogens with one attached hydrogen (secondary N) is 2. The first-order valence-electron chi connectivity index (χ1n) is 8.78. The number of aromatic nitrogens is 3. The second kappa shape index (κ2) is 7.86.